The first-order valence-electron chi connectivity index (χ1n) is 7.23. The molecule has 5 heteroatoms. The van der Waals surface area contributed by atoms with Gasteiger partial charge in [0.25, 0.3) is 0 Å². The molecule has 110 valence electrons. The van der Waals surface area contributed by atoms with Crippen molar-refractivity contribution < 1.29 is 13.9 Å². The Morgan fingerprint density at radius 2 is 2.40 bits per heavy atom. The van der Waals surface area contributed by atoms with Gasteiger partial charge in [0, 0.05) is 32.2 Å². The molecule has 1 N–H and O–H groups in total. The van der Waals surface area contributed by atoms with Crippen LogP contribution >= 0.6 is 0 Å². The van der Waals surface area contributed by atoms with Gasteiger partial charge in [-0.05, 0) is 25.0 Å². The number of anilines is 1. The molecule has 0 radical (unpaired) electrons. The van der Waals surface area contributed by atoms with Gasteiger partial charge < -0.3 is 19.7 Å². The van der Waals surface area contributed by atoms with Crippen LogP contribution in [-0.4, -0.2) is 46.0 Å². The number of nitrogens with zero attached hydrogens (tertiary/aromatic N) is 1. The van der Waals surface area contributed by atoms with Crippen LogP contribution < -0.4 is 15.0 Å². The number of fused-ring (bicyclic) bond motifs is 1. The maximum atomic E-state index is 13.9. The highest BCUT2D eigenvalue weighted by Crippen LogP contribution is 2.37. The standard InChI is InChI=1S/C15H21FN2O2/c1-18-7-2-3-12-13(16)4-5-14(15(12)18)20-10-11-9-17-6-8-19-11/h4-5,11,17H,2-3,6-10H2,1H3/t11-/m0/s1. The summed E-state index contributed by atoms with van der Waals surface area (Å²) in [6, 6.07) is 3.24. The van der Waals surface area contributed by atoms with E-state index in [2.05, 4.69) is 10.2 Å². The third-order valence-corrected chi connectivity index (χ3v) is 3.92. The fraction of sp³-hybridized carbons (Fsp3) is 0.600. The predicted octanol–water partition coefficient (Wildman–Crippen LogP) is 1.58. The van der Waals surface area contributed by atoms with Crippen LogP contribution in [0.3, 0.4) is 0 Å². The Morgan fingerprint density at radius 3 is 3.20 bits per heavy atom. The number of nitrogens with one attached hydrogen (secondary N) is 1. The van der Waals surface area contributed by atoms with E-state index in [9.17, 15) is 4.39 Å². The lowest BCUT2D eigenvalue weighted by molar-refractivity contribution is 0.000260. The molecule has 0 bridgehead atoms. The Bertz CT molecular complexity index is 475. The number of halogens is 1. The molecule has 20 heavy (non-hydrogen) atoms. The number of hydrogen-bond donors (Lipinski definition) is 1. The van der Waals surface area contributed by atoms with Gasteiger partial charge in [-0.15, -0.1) is 0 Å². The van der Waals surface area contributed by atoms with Gasteiger partial charge in [0.15, 0.2) is 0 Å². The van der Waals surface area contributed by atoms with Crippen LogP contribution in [0, 0.1) is 5.82 Å². The van der Waals surface area contributed by atoms with E-state index in [-0.39, 0.29) is 11.9 Å². The number of rotatable bonds is 3. The molecule has 0 aromatic heterocycles. The zero-order chi connectivity index (χ0) is 13.9. The summed E-state index contributed by atoms with van der Waals surface area (Å²) in [5, 5.41) is 3.28. The summed E-state index contributed by atoms with van der Waals surface area (Å²) >= 11 is 0. The van der Waals surface area contributed by atoms with Gasteiger partial charge in [0.05, 0.1) is 12.3 Å². The average Bonchev–Trinajstić information content (AvgIpc) is 2.48. The maximum absolute atomic E-state index is 13.9. The number of hydrogen-bond acceptors (Lipinski definition) is 4. The third kappa shape index (κ3) is 2.74. The quantitative estimate of drug-likeness (QED) is 0.911. The molecule has 0 saturated carbocycles. The van der Waals surface area contributed by atoms with Gasteiger partial charge in [0.2, 0.25) is 0 Å². The summed E-state index contributed by atoms with van der Waals surface area (Å²) in [5.74, 6) is 0.632. The average molecular weight is 280 g/mol. The highest BCUT2D eigenvalue weighted by Gasteiger charge is 2.23. The lowest BCUT2D eigenvalue weighted by Gasteiger charge is -2.30. The molecular formula is C15H21FN2O2. The van der Waals surface area contributed by atoms with Crippen LogP contribution in [0.15, 0.2) is 12.1 Å². The largest absolute Gasteiger partial charge is 0.489 e. The highest BCUT2D eigenvalue weighted by atomic mass is 19.1. The molecule has 0 unspecified atom stereocenters. The highest BCUT2D eigenvalue weighted by molar-refractivity contribution is 5.65. The SMILES string of the molecule is CN1CCCc2c(F)ccc(OC[C@@H]3CNCCO3)c21. The molecule has 0 aliphatic carbocycles. The lowest BCUT2D eigenvalue weighted by atomic mass is 10.0. The van der Waals surface area contributed by atoms with Crippen molar-refractivity contribution in [3.05, 3.63) is 23.5 Å². The van der Waals surface area contributed by atoms with Crippen LogP contribution in [0.2, 0.25) is 0 Å². The fourth-order valence-electron chi connectivity index (χ4n) is 2.88. The van der Waals surface area contributed by atoms with E-state index in [1.54, 1.807) is 6.07 Å². The van der Waals surface area contributed by atoms with Crippen LogP contribution in [0.25, 0.3) is 0 Å². The molecule has 1 fully saturated rings. The van der Waals surface area contributed by atoms with E-state index in [4.69, 9.17) is 9.47 Å². The molecule has 4 nitrogen and oxygen atoms in total. The zero-order valence-corrected chi connectivity index (χ0v) is 11.8. The molecule has 2 aliphatic heterocycles. The second kappa shape index (κ2) is 5.97. The van der Waals surface area contributed by atoms with Gasteiger partial charge in [-0.2, -0.15) is 0 Å². The summed E-state index contributed by atoms with van der Waals surface area (Å²) < 4.78 is 25.4. The van der Waals surface area contributed by atoms with Crippen molar-refractivity contribution in [2.75, 3.05) is 44.8 Å². The van der Waals surface area contributed by atoms with Crippen molar-refractivity contribution in [2.45, 2.75) is 18.9 Å². The van der Waals surface area contributed by atoms with Gasteiger partial charge in [-0.25, -0.2) is 4.39 Å². The van der Waals surface area contributed by atoms with Crippen molar-refractivity contribution in [3.63, 3.8) is 0 Å². The normalized spacial score (nSPS) is 22.5. The van der Waals surface area contributed by atoms with Crippen LogP contribution in [0.4, 0.5) is 10.1 Å². The number of morpholine rings is 1. The summed E-state index contributed by atoms with van der Waals surface area (Å²) in [4.78, 5) is 2.08. The second-order valence-electron chi connectivity index (χ2n) is 5.41. The van der Waals surface area contributed by atoms with Gasteiger partial charge in [-0.3, -0.25) is 0 Å². The van der Waals surface area contributed by atoms with Crippen molar-refractivity contribution in [2.24, 2.45) is 0 Å². The van der Waals surface area contributed by atoms with Gasteiger partial charge >= 0.3 is 0 Å². The van der Waals surface area contributed by atoms with Crippen LogP contribution in [0.5, 0.6) is 5.75 Å². The molecule has 1 aromatic carbocycles. The summed E-state index contributed by atoms with van der Waals surface area (Å²) in [6.07, 6.45) is 1.84. The summed E-state index contributed by atoms with van der Waals surface area (Å²) in [7, 11) is 1.99. The van der Waals surface area contributed by atoms with E-state index in [0.29, 0.717) is 6.61 Å². The minimum absolute atomic E-state index is 0.0679. The second-order valence-corrected chi connectivity index (χ2v) is 5.41. The van der Waals surface area contributed by atoms with E-state index >= 15 is 0 Å². The van der Waals surface area contributed by atoms with Crippen LogP contribution in [-0.2, 0) is 11.2 Å². The summed E-state index contributed by atoms with van der Waals surface area (Å²) in [6.45, 7) is 3.85. The minimum atomic E-state index is -0.130. The van der Waals surface area contributed by atoms with E-state index in [0.717, 1.165) is 56.1 Å². The maximum Gasteiger partial charge on any atom is 0.143 e. The molecule has 0 amide bonds. The van der Waals surface area contributed by atoms with E-state index in [1.807, 2.05) is 7.05 Å². The number of benzene rings is 1. The molecular weight excluding hydrogens is 259 g/mol. The van der Waals surface area contributed by atoms with Crippen molar-refractivity contribution in [1.82, 2.24) is 5.32 Å². The summed E-state index contributed by atoms with van der Waals surface area (Å²) in [5.41, 5.74) is 1.68. The Labute approximate surface area is 118 Å². The Hall–Kier alpha value is -1.33. The smallest absolute Gasteiger partial charge is 0.143 e. The topological polar surface area (TPSA) is 33.7 Å². The van der Waals surface area contributed by atoms with Gasteiger partial charge in [0.1, 0.15) is 24.3 Å². The first-order valence-corrected chi connectivity index (χ1v) is 7.23. The first-order chi connectivity index (χ1) is 9.75. The third-order valence-electron chi connectivity index (χ3n) is 3.92. The molecule has 3 rings (SSSR count). The first kappa shape index (κ1) is 13.6. The van der Waals surface area contributed by atoms with Crippen molar-refractivity contribution in [3.8, 4) is 5.75 Å². The van der Waals surface area contributed by atoms with Crippen molar-refractivity contribution >= 4 is 5.69 Å². The Balaban J connectivity index is 1.75. The molecule has 2 heterocycles. The zero-order valence-electron chi connectivity index (χ0n) is 11.8. The van der Waals surface area contributed by atoms with Gasteiger partial charge in [-0.1, -0.05) is 0 Å². The lowest BCUT2D eigenvalue weighted by Crippen LogP contribution is -2.41. The Morgan fingerprint density at radius 1 is 1.50 bits per heavy atom. The number of ether oxygens (including phenoxy) is 2. The van der Waals surface area contributed by atoms with Crippen molar-refractivity contribution in [1.29, 1.82) is 0 Å². The fourth-order valence-corrected chi connectivity index (χ4v) is 2.88. The molecule has 2 aliphatic rings. The molecule has 1 saturated heterocycles. The van der Waals surface area contributed by atoms with E-state index in [1.165, 1.54) is 6.07 Å². The monoisotopic (exact) mass is 280 g/mol. The molecule has 1 aromatic rings. The molecule has 1 atom stereocenters. The van der Waals surface area contributed by atoms with Crippen LogP contribution in [0.1, 0.15) is 12.0 Å². The minimum Gasteiger partial charge on any atom is -0.489 e. The van der Waals surface area contributed by atoms with E-state index < -0.39 is 0 Å². The Kier molecular flexibility index (Phi) is 4.08. The predicted molar refractivity (Wildman–Crippen MR) is 76.1 cm³/mol. The molecule has 0 spiro atoms.